The van der Waals surface area contributed by atoms with Gasteiger partial charge in [0, 0.05) is 88.1 Å². The number of hydrogen-bond donors (Lipinski definition) is 3. The van der Waals surface area contributed by atoms with Gasteiger partial charge in [-0.05, 0) is 48.2 Å². The van der Waals surface area contributed by atoms with E-state index in [-0.39, 0.29) is 41.2 Å². The quantitative estimate of drug-likeness (QED) is 0.122. The van der Waals surface area contributed by atoms with Crippen molar-refractivity contribution >= 4 is 28.9 Å². The van der Waals surface area contributed by atoms with Gasteiger partial charge >= 0.3 is 0 Å². The third-order valence-corrected chi connectivity index (χ3v) is 8.77. The minimum atomic E-state index is -0.640. The first-order valence-electron chi connectivity index (χ1n) is 16.6. The molecule has 2 fully saturated rings. The first-order chi connectivity index (χ1) is 23.3. The Morgan fingerprint density at radius 3 is 2.38 bits per heavy atom. The average Bonchev–Trinajstić information content (AvgIpc) is 3.10. The second-order valence-electron chi connectivity index (χ2n) is 12.4. The molecule has 2 aliphatic rings. The zero-order chi connectivity index (χ0) is 33.9. The van der Waals surface area contributed by atoms with E-state index in [9.17, 15) is 24.8 Å². The highest BCUT2D eigenvalue weighted by Crippen LogP contribution is 2.39. The SMILES string of the molecule is CC(=O)NCCCCCC(=O)Nc1cccc(C2OC(CN3CCN(c4ccc([N+](=O)[O-])cc4)CC3)CC(c3ccc(CO)cc3)O2)c1. The van der Waals surface area contributed by atoms with Gasteiger partial charge in [0.2, 0.25) is 11.8 Å². The number of aliphatic hydroxyl groups is 1. The van der Waals surface area contributed by atoms with Crippen LogP contribution in [0.5, 0.6) is 0 Å². The number of nitrogens with one attached hydrogen (secondary N) is 2. The van der Waals surface area contributed by atoms with Gasteiger partial charge in [-0.25, -0.2) is 0 Å². The van der Waals surface area contributed by atoms with Crippen LogP contribution in [0.1, 0.15) is 68.1 Å². The Labute approximate surface area is 281 Å². The van der Waals surface area contributed by atoms with Crippen LogP contribution in [0, 0.1) is 10.1 Å². The molecule has 0 aliphatic carbocycles. The molecule has 0 aromatic heterocycles. The number of ether oxygens (including phenoxy) is 2. The molecule has 12 heteroatoms. The second kappa shape index (κ2) is 17.2. The smallest absolute Gasteiger partial charge is 0.269 e. The van der Waals surface area contributed by atoms with Gasteiger partial charge < -0.3 is 30.1 Å². The van der Waals surface area contributed by atoms with E-state index in [1.807, 2.05) is 48.5 Å². The molecular formula is C36H45N5O7. The van der Waals surface area contributed by atoms with E-state index < -0.39 is 6.29 Å². The number of non-ortho nitro benzene ring substituents is 1. The Balaban J connectivity index is 1.20. The molecule has 2 heterocycles. The Morgan fingerprint density at radius 1 is 0.938 bits per heavy atom. The number of unbranched alkanes of at least 4 members (excludes halogenated alkanes) is 2. The Bertz CT molecular complexity index is 1510. The summed E-state index contributed by atoms with van der Waals surface area (Å²) in [6, 6.07) is 22.1. The second-order valence-corrected chi connectivity index (χ2v) is 12.4. The minimum Gasteiger partial charge on any atom is -0.392 e. The fourth-order valence-electron chi connectivity index (χ4n) is 6.13. The van der Waals surface area contributed by atoms with Crippen molar-refractivity contribution < 1.29 is 29.1 Å². The summed E-state index contributed by atoms with van der Waals surface area (Å²) in [6.45, 7) is 6.06. The number of nitro benzene ring substituents is 1. The van der Waals surface area contributed by atoms with Gasteiger partial charge in [0.15, 0.2) is 6.29 Å². The number of carbonyl (C=O) groups is 2. The number of amides is 2. The predicted molar refractivity (Wildman–Crippen MR) is 182 cm³/mol. The number of carbonyl (C=O) groups excluding carboxylic acids is 2. The maximum absolute atomic E-state index is 12.7. The molecule has 12 nitrogen and oxygen atoms in total. The lowest BCUT2D eigenvalue weighted by atomic mass is 9.99. The van der Waals surface area contributed by atoms with Crippen molar-refractivity contribution in [2.24, 2.45) is 0 Å². The molecule has 3 aromatic carbocycles. The minimum absolute atomic E-state index is 0.0262. The number of piperazine rings is 1. The van der Waals surface area contributed by atoms with Crippen LogP contribution in [0.3, 0.4) is 0 Å². The van der Waals surface area contributed by atoms with E-state index in [1.54, 1.807) is 24.3 Å². The van der Waals surface area contributed by atoms with Crippen molar-refractivity contribution in [2.75, 3.05) is 49.5 Å². The number of anilines is 2. The van der Waals surface area contributed by atoms with Gasteiger partial charge in [0.05, 0.1) is 23.7 Å². The van der Waals surface area contributed by atoms with Crippen LogP contribution in [-0.2, 0) is 25.7 Å². The molecule has 48 heavy (non-hydrogen) atoms. The van der Waals surface area contributed by atoms with Gasteiger partial charge in [0.25, 0.3) is 5.69 Å². The maximum atomic E-state index is 12.7. The number of aliphatic hydroxyl groups excluding tert-OH is 1. The van der Waals surface area contributed by atoms with Crippen molar-refractivity contribution in [1.29, 1.82) is 0 Å². The zero-order valence-corrected chi connectivity index (χ0v) is 27.4. The Kier molecular flexibility index (Phi) is 12.5. The molecule has 3 aromatic rings. The molecule has 0 saturated carbocycles. The van der Waals surface area contributed by atoms with E-state index in [1.165, 1.54) is 6.92 Å². The molecule has 0 radical (unpaired) electrons. The molecule has 2 saturated heterocycles. The first kappa shape index (κ1) is 35.0. The fraction of sp³-hybridized carbons (Fsp3) is 0.444. The van der Waals surface area contributed by atoms with Crippen LogP contribution in [0.2, 0.25) is 0 Å². The molecular weight excluding hydrogens is 614 g/mol. The topological polar surface area (TPSA) is 147 Å². The van der Waals surface area contributed by atoms with Gasteiger partial charge in [-0.15, -0.1) is 0 Å². The summed E-state index contributed by atoms with van der Waals surface area (Å²) >= 11 is 0. The monoisotopic (exact) mass is 659 g/mol. The summed E-state index contributed by atoms with van der Waals surface area (Å²) in [5.74, 6) is -0.111. The number of nitro groups is 1. The van der Waals surface area contributed by atoms with Crippen LogP contribution in [0.25, 0.3) is 0 Å². The molecule has 5 rings (SSSR count). The van der Waals surface area contributed by atoms with E-state index >= 15 is 0 Å². The first-order valence-corrected chi connectivity index (χ1v) is 16.6. The normalized spacial score (nSPS) is 19.9. The van der Waals surface area contributed by atoms with Crippen molar-refractivity contribution in [3.63, 3.8) is 0 Å². The Morgan fingerprint density at radius 2 is 1.69 bits per heavy atom. The fourth-order valence-corrected chi connectivity index (χ4v) is 6.13. The largest absolute Gasteiger partial charge is 0.392 e. The van der Waals surface area contributed by atoms with Crippen LogP contribution in [0.4, 0.5) is 17.1 Å². The van der Waals surface area contributed by atoms with Gasteiger partial charge in [-0.2, -0.15) is 0 Å². The third-order valence-electron chi connectivity index (χ3n) is 8.77. The highest BCUT2D eigenvalue weighted by molar-refractivity contribution is 5.90. The number of nitrogens with zero attached hydrogens (tertiary/aromatic N) is 3. The molecule has 3 atom stereocenters. The molecule has 0 bridgehead atoms. The third kappa shape index (κ3) is 10.1. The van der Waals surface area contributed by atoms with Gasteiger partial charge in [-0.1, -0.05) is 42.8 Å². The highest BCUT2D eigenvalue weighted by Gasteiger charge is 2.34. The lowest BCUT2D eigenvalue weighted by molar-refractivity contribution is -0.384. The van der Waals surface area contributed by atoms with E-state index in [0.717, 1.165) is 74.4 Å². The molecule has 3 unspecified atom stereocenters. The summed E-state index contributed by atoms with van der Waals surface area (Å²) in [5, 5.41) is 26.3. The average molecular weight is 660 g/mol. The standard InChI is InChI=1S/C36H45N5O7/c1-26(43)37-17-4-2-3-8-35(44)38-30-7-5-6-29(22-30)36-47-33(23-34(48-36)28-11-9-27(25-42)10-12-28)24-39-18-20-40(21-19-39)31-13-15-32(16-14-31)41(45)46/h5-7,9-16,22,33-34,36,42H,2-4,8,17-21,23-25H2,1H3,(H,37,43)(H,38,44). The van der Waals surface area contributed by atoms with Crippen LogP contribution < -0.4 is 15.5 Å². The lowest BCUT2D eigenvalue weighted by Gasteiger charge is -2.41. The molecule has 2 aliphatic heterocycles. The Hall–Kier alpha value is -4.36. The highest BCUT2D eigenvalue weighted by atomic mass is 16.7. The number of benzene rings is 3. The van der Waals surface area contributed by atoms with Crippen LogP contribution in [-0.4, -0.2) is 72.1 Å². The lowest BCUT2D eigenvalue weighted by Crippen LogP contribution is -2.49. The summed E-state index contributed by atoms with van der Waals surface area (Å²) in [6.07, 6.45) is 2.50. The van der Waals surface area contributed by atoms with Gasteiger partial charge in [-0.3, -0.25) is 24.6 Å². The summed E-state index contributed by atoms with van der Waals surface area (Å²) < 4.78 is 13.1. The summed E-state index contributed by atoms with van der Waals surface area (Å²) in [7, 11) is 0. The van der Waals surface area contributed by atoms with E-state index in [4.69, 9.17) is 9.47 Å². The van der Waals surface area contributed by atoms with Crippen molar-refractivity contribution in [1.82, 2.24) is 10.2 Å². The number of hydrogen-bond acceptors (Lipinski definition) is 9. The van der Waals surface area contributed by atoms with Crippen LogP contribution in [0.15, 0.2) is 72.8 Å². The van der Waals surface area contributed by atoms with E-state index in [0.29, 0.717) is 25.1 Å². The summed E-state index contributed by atoms with van der Waals surface area (Å²) in [5.41, 5.74) is 4.40. The van der Waals surface area contributed by atoms with Crippen LogP contribution >= 0.6 is 0 Å². The molecule has 256 valence electrons. The molecule has 0 spiro atoms. The van der Waals surface area contributed by atoms with Gasteiger partial charge in [0.1, 0.15) is 0 Å². The summed E-state index contributed by atoms with van der Waals surface area (Å²) in [4.78, 5) is 39.0. The van der Waals surface area contributed by atoms with Crippen molar-refractivity contribution in [2.45, 2.75) is 64.1 Å². The van der Waals surface area contributed by atoms with Crippen molar-refractivity contribution in [3.05, 3.63) is 99.6 Å². The maximum Gasteiger partial charge on any atom is 0.269 e. The molecule has 3 N–H and O–H groups in total. The number of rotatable bonds is 14. The zero-order valence-electron chi connectivity index (χ0n) is 27.4. The molecule has 2 amide bonds. The van der Waals surface area contributed by atoms with E-state index in [2.05, 4.69) is 20.4 Å². The predicted octanol–water partition coefficient (Wildman–Crippen LogP) is 5.09. The van der Waals surface area contributed by atoms with Crippen molar-refractivity contribution in [3.8, 4) is 0 Å².